The van der Waals surface area contributed by atoms with Crippen LogP contribution in [0.3, 0.4) is 0 Å². The third-order valence-electron chi connectivity index (χ3n) is 4.20. The van der Waals surface area contributed by atoms with Gasteiger partial charge in [-0.1, -0.05) is 51.8 Å². The number of ether oxygens (including phenoxy) is 2. The number of esters is 1. The highest BCUT2D eigenvalue weighted by molar-refractivity contribution is 9.09. The van der Waals surface area contributed by atoms with E-state index in [2.05, 4.69) is 20.7 Å². The molecule has 152 valence electrons. The van der Waals surface area contributed by atoms with E-state index in [9.17, 15) is 18.0 Å². The van der Waals surface area contributed by atoms with E-state index in [4.69, 9.17) is 4.74 Å². The maximum absolute atomic E-state index is 12.4. The molecular formula is C20H26BrF3O3. The largest absolute Gasteiger partial charge is 0.490 e. The van der Waals surface area contributed by atoms with Crippen LogP contribution in [0.1, 0.15) is 44.7 Å². The Bertz CT molecular complexity index is 654. The van der Waals surface area contributed by atoms with Gasteiger partial charge >= 0.3 is 12.1 Å². The van der Waals surface area contributed by atoms with Gasteiger partial charge in [0.2, 0.25) is 0 Å². The van der Waals surface area contributed by atoms with Crippen LogP contribution < -0.4 is 0 Å². The van der Waals surface area contributed by atoms with Crippen molar-refractivity contribution in [3.8, 4) is 0 Å². The zero-order valence-corrected chi connectivity index (χ0v) is 17.6. The molecule has 1 unspecified atom stereocenters. The second-order valence-corrected chi connectivity index (χ2v) is 8.09. The zero-order chi connectivity index (χ0) is 20.7. The standard InChI is InChI=1S/C20H26BrF3O3/c1-14(11-12-26-13-16-8-6-5-7-15(16)2)9-10-17(21)19(3,4)27-18(25)20(22,23)24/h5-8,11,17H,9-10,12-13H2,1-4H3/b14-11+. The molecule has 1 atom stereocenters. The summed E-state index contributed by atoms with van der Waals surface area (Å²) in [5.41, 5.74) is 2.10. The van der Waals surface area contributed by atoms with Crippen LogP contribution in [-0.2, 0) is 20.9 Å². The molecule has 7 heteroatoms. The van der Waals surface area contributed by atoms with E-state index in [0.717, 1.165) is 11.1 Å². The van der Waals surface area contributed by atoms with Gasteiger partial charge in [-0.15, -0.1) is 0 Å². The van der Waals surface area contributed by atoms with E-state index < -0.39 is 22.6 Å². The number of carbonyl (C=O) groups is 1. The van der Waals surface area contributed by atoms with Gasteiger partial charge < -0.3 is 9.47 Å². The topological polar surface area (TPSA) is 35.5 Å². The smallest absolute Gasteiger partial charge is 0.452 e. The summed E-state index contributed by atoms with van der Waals surface area (Å²) in [7, 11) is 0. The summed E-state index contributed by atoms with van der Waals surface area (Å²) in [6.45, 7) is 7.87. The molecule has 1 rings (SSSR count). The average Bonchev–Trinajstić information content (AvgIpc) is 2.56. The highest BCUT2D eigenvalue weighted by Crippen LogP contribution is 2.30. The molecule has 0 saturated carbocycles. The highest BCUT2D eigenvalue weighted by atomic mass is 79.9. The molecule has 0 amide bonds. The molecule has 3 nitrogen and oxygen atoms in total. The summed E-state index contributed by atoms with van der Waals surface area (Å²) >= 11 is 3.34. The van der Waals surface area contributed by atoms with E-state index in [1.807, 2.05) is 44.2 Å². The van der Waals surface area contributed by atoms with Crippen LogP contribution >= 0.6 is 15.9 Å². The number of hydrogen-bond donors (Lipinski definition) is 0. The first-order chi connectivity index (χ1) is 12.4. The predicted octanol–water partition coefficient (Wildman–Crippen LogP) is 5.89. The van der Waals surface area contributed by atoms with Crippen LogP contribution in [0, 0.1) is 6.92 Å². The number of carbonyl (C=O) groups excluding carboxylic acids is 1. The van der Waals surface area contributed by atoms with Gasteiger partial charge in [-0.25, -0.2) is 4.79 Å². The van der Waals surface area contributed by atoms with Crippen molar-refractivity contribution >= 4 is 21.9 Å². The third-order valence-corrected chi connectivity index (χ3v) is 5.76. The van der Waals surface area contributed by atoms with Gasteiger partial charge in [0.25, 0.3) is 0 Å². The van der Waals surface area contributed by atoms with E-state index in [0.29, 0.717) is 26.1 Å². The van der Waals surface area contributed by atoms with Crippen LogP contribution in [0.4, 0.5) is 13.2 Å². The number of benzene rings is 1. The number of halogens is 4. The molecule has 0 heterocycles. The number of alkyl halides is 4. The minimum atomic E-state index is -4.99. The average molecular weight is 451 g/mol. The van der Waals surface area contributed by atoms with Crippen molar-refractivity contribution in [2.24, 2.45) is 0 Å². The molecule has 0 bridgehead atoms. The molecule has 0 fully saturated rings. The lowest BCUT2D eigenvalue weighted by Crippen LogP contribution is -2.41. The van der Waals surface area contributed by atoms with E-state index >= 15 is 0 Å². The van der Waals surface area contributed by atoms with E-state index in [-0.39, 0.29) is 0 Å². The SMILES string of the molecule is C/C(=C\COCc1ccccc1C)CCC(Br)C(C)(C)OC(=O)C(F)(F)F. The van der Waals surface area contributed by atoms with Crippen molar-refractivity contribution in [1.29, 1.82) is 0 Å². The second-order valence-electron chi connectivity index (χ2n) is 6.99. The zero-order valence-electron chi connectivity index (χ0n) is 16.0. The highest BCUT2D eigenvalue weighted by Gasteiger charge is 2.45. The van der Waals surface area contributed by atoms with Crippen molar-refractivity contribution in [2.45, 2.75) is 63.7 Å². The lowest BCUT2D eigenvalue weighted by Gasteiger charge is -2.30. The number of aryl methyl sites for hydroxylation is 1. The Labute approximate surface area is 167 Å². The summed E-state index contributed by atoms with van der Waals surface area (Å²) < 4.78 is 47.3. The predicted molar refractivity (Wildman–Crippen MR) is 103 cm³/mol. The molecule has 0 aliphatic rings. The Morgan fingerprint density at radius 2 is 1.89 bits per heavy atom. The van der Waals surface area contributed by atoms with Crippen molar-refractivity contribution in [3.05, 3.63) is 47.0 Å². The number of hydrogen-bond acceptors (Lipinski definition) is 3. The Morgan fingerprint density at radius 3 is 2.48 bits per heavy atom. The lowest BCUT2D eigenvalue weighted by molar-refractivity contribution is -0.211. The van der Waals surface area contributed by atoms with Gasteiger partial charge in [0.15, 0.2) is 0 Å². The monoisotopic (exact) mass is 450 g/mol. The van der Waals surface area contributed by atoms with Gasteiger partial charge in [-0.2, -0.15) is 13.2 Å². The molecule has 0 spiro atoms. The summed E-state index contributed by atoms with van der Waals surface area (Å²) in [6, 6.07) is 8.00. The van der Waals surface area contributed by atoms with Crippen LogP contribution in [0.2, 0.25) is 0 Å². The molecule has 0 saturated heterocycles. The minimum Gasteiger partial charge on any atom is -0.452 e. The van der Waals surface area contributed by atoms with Crippen molar-refractivity contribution in [2.75, 3.05) is 6.61 Å². The normalized spacial score (nSPS) is 14.1. The molecule has 0 N–H and O–H groups in total. The Kier molecular flexibility index (Phi) is 9.02. The molecule has 0 aliphatic heterocycles. The molecule has 0 aliphatic carbocycles. The maximum Gasteiger partial charge on any atom is 0.490 e. The van der Waals surface area contributed by atoms with Gasteiger partial charge in [0.1, 0.15) is 5.60 Å². The van der Waals surface area contributed by atoms with Crippen LogP contribution in [0.15, 0.2) is 35.9 Å². The van der Waals surface area contributed by atoms with E-state index in [1.165, 1.54) is 19.4 Å². The van der Waals surface area contributed by atoms with Crippen molar-refractivity contribution in [1.82, 2.24) is 0 Å². The first-order valence-electron chi connectivity index (χ1n) is 8.65. The van der Waals surface area contributed by atoms with Crippen LogP contribution in [0.5, 0.6) is 0 Å². The van der Waals surface area contributed by atoms with Gasteiger partial charge in [-0.3, -0.25) is 0 Å². The van der Waals surface area contributed by atoms with E-state index in [1.54, 1.807) is 0 Å². The second kappa shape index (κ2) is 10.3. The van der Waals surface area contributed by atoms with Crippen molar-refractivity contribution < 1.29 is 27.4 Å². The Balaban J connectivity index is 2.41. The fourth-order valence-corrected chi connectivity index (χ4v) is 2.63. The first kappa shape index (κ1) is 23.7. The molecule has 1 aromatic carbocycles. The summed E-state index contributed by atoms with van der Waals surface area (Å²) in [6.07, 6.45) is -1.87. The summed E-state index contributed by atoms with van der Waals surface area (Å²) in [4.78, 5) is 10.6. The lowest BCUT2D eigenvalue weighted by atomic mass is 9.98. The molecule has 0 aromatic heterocycles. The summed E-state index contributed by atoms with van der Waals surface area (Å²) in [5.74, 6) is -2.17. The summed E-state index contributed by atoms with van der Waals surface area (Å²) in [5, 5.41) is 0. The maximum atomic E-state index is 12.4. The number of rotatable bonds is 9. The fraction of sp³-hybridized carbons (Fsp3) is 0.550. The van der Waals surface area contributed by atoms with Gasteiger partial charge in [0, 0.05) is 0 Å². The molecule has 0 radical (unpaired) electrons. The quantitative estimate of drug-likeness (QED) is 0.203. The molecule has 27 heavy (non-hydrogen) atoms. The van der Waals surface area contributed by atoms with Crippen molar-refractivity contribution in [3.63, 3.8) is 0 Å². The number of allylic oxidation sites excluding steroid dienone is 1. The first-order valence-corrected chi connectivity index (χ1v) is 9.57. The van der Waals surface area contributed by atoms with Crippen LogP contribution in [-0.4, -0.2) is 29.2 Å². The third kappa shape index (κ3) is 8.47. The Morgan fingerprint density at radius 1 is 1.26 bits per heavy atom. The van der Waals surface area contributed by atoms with Gasteiger partial charge in [0.05, 0.1) is 18.0 Å². The van der Waals surface area contributed by atoms with Gasteiger partial charge in [-0.05, 0) is 51.7 Å². The molecule has 1 aromatic rings. The molecular weight excluding hydrogens is 425 g/mol. The minimum absolute atomic E-state index is 0.410. The Hall–Kier alpha value is -1.34. The fourth-order valence-electron chi connectivity index (χ4n) is 2.31. The van der Waals surface area contributed by atoms with Crippen LogP contribution in [0.25, 0.3) is 0 Å².